The highest BCUT2D eigenvalue weighted by atomic mass is 35.5. The number of benzene rings is 3. The van der Waals surface area contributed by atoms with E-state index in [2.05, 4.69) is 21.3 Å². The lowest BCUT2D eigenvalue weighted by Crippen LogP contribution is -2.14. The molecular formula is C31H31ClN6O3S. The van der Waals surface area contributed by atoms with Crippen LogP contribution in [-0.4, -0.2) is 45.3 Å². The summed E-state index contributed by atoms with van der Waals surface area (Å²) in [5.41, 5.74) is 9.71. The summed E-state index contributed by atoms with van der Waals surface area (Å²) >= 11 is 7.19. The SMILES string of the molecule is CCN(C)C=Nc1cc(C)c(Oc2nc(Cc3ccc(Cl)cc3)ns2)cc1C.N#C/C(C(=O)O)=C(/N)c1ccccc1. The van der Waals surface area contributed by atoms with E-state index in [1.165, 1.54) is 11.5 Å². The van der Waals surface area contributed by atoms with Crippen LogP contribution in [0.3, 0.4) is 0 Å². The predicted molar refractivity (Wildman–Crippen MR) is 167 cm³/mol. The molecule has 0 unspecified atom stereocenters. The molecule has 0 amide bonds. The minimum absolute atomic E-state index is 0.0133. The lowest BCUT2D eigenvalue weighted by Gasteiger charge is -2.11. The minimum atomic E-state index is -1.31. The Labute approximate surface area is 254 Å². The average molecular weight is 603 g/mol. The van der Waals surface area contributed by atoms with Crippen LogP contribution in [0.2, 0.25) is 5.02 Å². The Balaban J connectivity index is 0.000000291. The number of carbonyl (C=O) groups is 1. The van der Waals surface area contributed by atoms with E-state index in [4.69, 9.17) is 32.4 Å². The third-order valence-electron chi connectivity index (χ3n) is 5.99. The van der Waals surface area contributed by atoms with Crippen LogP contribution in [0.5, 0.6) is 10.9 Å². The first-order chi connectivity index (χ1) is 20.1. The second kappa shape index (κ2) is 15.3. The number of carboxylic acid groups (broad SMARTS) is 1. The van der Waals surface area contributed by atoms with Gasteiger partial charge in [0.1, 0.15) is 11.8 Å². The van der Waals surface area contributed by atoms with Crippen molar-refractivity contribution in [3.8, 4) is 17.0 Å². The number of halogens is 1. The van der Waals surface area contributed by atoms with Crippen molar-refractivity contribution < 1.29 is 14.6 Å². The summed E-state index contributed by atoms with van der Waals surface area (Å²) < 4.78 is 10.4. The van der Waals surface area contributed by atoms with Crippen LogP contribution in [-0.2, 0) is 11.2 Å². The minimum Gasteiger partial charge on any atom is -0.477 e. The summed E-state index contributed by atoms with van der Waals surface area (Å²) in [6, 6.07) is 21.8. The molecule has 1 heterocycles. The molecule has 0 spiro atoms. The summed E-state index contributed by atoms with van der Waals surface area (Å²) in [5.74, 6) is 0.198. The highest BCUT2D eigenvalue weighted by molar-refractivity contribution is 7.07. The van der Waals surface area contributed by atoms with Gasteiger partial charge in [0.25, 0.3) is 5.19 Å². The van der Waals surface area contributed by atoms with Crippen molar-refractivity contribution in [3.05, 3.63) is 105 Å². The molecule has 42 heavy (non-hydrogen) atoms. The molecule has 0 radical (unpaired) electrons. The maximum atomic E-state index is 10.6. The molecule has 0 atom stereocenters. The Morgan fingerprint density at radius 3 is 2.48 bits per heavy atom. The Kier molecular flexibility index (Phi) is 11.6. The fourth-order valence-corrected chi connectivity index (χ4v) is 4.17. The second-order valence-corrected chi connectivity index (χ2v) is 10.3. The number of aliphatic imine (C=N–C) groups is 1. The van der Waals surface area contributed by atoms with Crippen LogP contribution < -0.4 is 10.5 Å². The van der Waals surface area contributed by atoms with Crippen LogP contribution in [0, 0.1) is 25.2 Å². The van der Waals surface area contributed by atoms with Gasteiger partial charge >= 0.3 is 5.97 Å². The van der Waals surface area contributed by atoms with E-state index in [9.17, 15) is 4.79 Å². The number of hydrogen-bond acceptors (Lipinski definition) is 8. The second-order valence-electron chi connectivity index (χ2n) is 9.18. The first-order valence-corrected chi connectivity index (χ1v) is 14.1. The van der Waals surface area contributed by atoms with Gasteiger partial charge in [-0.15, -0.1) is 0 Å². The zero-order chi connectivity index (χ0) is 30.6. The molecule has 0 aliphatic carbocycles. The van der Waals surface area contributed by atoms with E-state index < -0.39 is 11.5 Å². The largest absolute Gasteiger partial charge is 0.477 e. The van der Waals surface area contributed by atoms with Gasteiger partial charge in [-0.25, -0.2) is 9.79 Å². The van der Waals surface area contributed by atoms with Crippen molar-refractivity contribution in [3.63, 3.8) is 0 Å². The summed E-state index contributed by atoms with van der Waals surface area (Å²) in [5, 5.41) is 18.5. The highest BCUT2D eigenvalue weighted by Crippen LogP contribution is 2.32. The van der Waals surface area contributed by atoms with Gasteiger partial charge < -0.3 is 20.5 Å². The number of nitrogens with zero attached hydrogens (tertiary/aromatic N) is 5. The number of ether oxygens (including phenoxy) is 1. The number of nitrogens with two attached hydrogens (primary N) is 1. The van der Waals surface area contributed by atoms with E-state index in [1.54, 1.807) is 36.4 Å². The molecule has 3 N–H and O–H groups in total. The van der Waals surface area contributed by atoms with Crippen LogP contribution >= 0.6 is 23.1 Å². The summed E-state index contributed by atoms with van der Waals surface area (Å²) in [4.78, 5) is 21.7. The molecule has 3 aromatic carbocycles. The first kappa shape index (κ1) is 31.8. The number of hydrogen-bond donors (Lipinski definition) is 2. The third-order valence-corrected chi connectivity index (χ3v) is 6.87. The predicted octanol–water partition coefficient (Wildman–Crippen LogP) is 6.77. The first-order valence-electron chi connectivity index (χ1n) is 12.9. The molecular weight excluding hydrogens is 572 g/mol. The van der Waals surface area contributed by atoms with Crippen molar-refractivity contribution in [2.75, 3.05) is 13.6 Å². The summed E-state index contributed by atoms with van der Waals surface area (Å²) in [6.45, 7) is 7.03. The van der Waals surface area contributed by atoms with Crippen molar-refractivity contribution in [2.24, 2.45) is 10.7 Å². The van der Waals surface area contributed by atoms with E-state index in [0.717, 1.165) is 45.5 Å². The van der Waals surface area contributed by atoms with Gasteiger partial charge in [0.05, 0.1) is 17.7 Å². The molecule has 1 aromatic heterocycles. The van der Waals surface area contributed by atoms with Gasteiger partial charge in [0, 0.05) is 36.6 Å². The van der Waals surface area contributed by atoms with Gasteiger partial charge in [-0.3, -0.25) is 0 Å². The van der Waals surface area contributed by atoms with E-state index in [1.807, 2.05) is 68.5 Å². The number of carboxylic acids is 1. The van der Waals surface area contributed by atoms with Gasteiger partial charge in [-0.1, -0.05) is 54.1 Å². The lowest BCUT2D eigenvalue weighted by atomic mass is 10.1. The molecule has 11 heteroatoms. The highest BCUT2D eigenvalue weighted by Gasteiger charge is 2.13. The molecule has 0 aliphatic heterocycles. The molecule has 216 valence electrons. The maximum absolute atomic E-state index is 10.6. The molecule has 0 saturated carbocycles. The van der Waals surface area contributed by atoms with Gasteiger partial charge in [0.15, 0.2) is 11.4 Å². The van der Waals surface area contributed by atoms with Crippen molar-refractivity contribution in [1.82, 2.24) is 14.3 Å². The number of nitriles is 1. The molecule has 4 aromatic rings. The van der Waals surface area contributed by atoms with Gasteiger partial charge in [0.2, 0.25) is 0 Å². The smallest absolute Gasteiger partial charge is 0.348 e. The van der Waals surface area contributed by atoms with Crippen molar-refractivity contribution in [2.45, 2.75) is 27.2 Å². The van der Waals surface area contributed by atoms with Crippen LogP contribution in [0.15, 0.2) is 77.3 Å². The lowest BCUT2D eigenvalue weighted by molar-refractivity contribution is -0.132. The summed E-state index contributed by atoms with van der Waals surface area (Å²) in [6.07, 6.45) is 2.49. The Morgan fingerprint density at radius 2 is 1.86 bits per heavy atom. The zero-order valence-electron chi connectivity index (χ0n) is 23.7. The van der Waals surface area contributed by atoms with Crippen molar-refractivity contribution >= 4 is 46.8 Å². The van der Waals surface area contributed by atoms with E-state index >= 15 is 0 Å². The topological polar surface area (TPSA) is 138 Å². The summed E-state index contributed by atoms with van der Waals surface area (Å²) in [7, 11) is 2.00. The Morgan fingerprint density at radius 1 is 1.17 bits per heavy atom. The molecule has 4 rings (SSSR count). The van der Waals surface area contributed by atoms with Crippen LogP contribution in [0.1, 0.15) is 35.0 Å². The zero-order valence-corrected chi connectivity index (χ0v) is 25.3. The van der Waals surface area contributed by atoms with Gasteiger partial charge in [-0.2, -0.15) is 14.6 Å². The average Bonchev–Trinajstić information content (AvgIpc) is 3.42. The van der Waals surface area contributed by atoms with Crippen molar-refractivity contribution in [1.29, 1.82) is 5.26 Å². The number of aliphatic carboxylic acids is 1. The molecule has 0 bridgehead atoms. The Bertz CT molecular complexity index is 1610. The standard InChI is InChI=1S/C21H23ClN4OS.C10H8N2O2/c1-5-26(4)13-23-18-10-15(3)19(11-14(18)2)27-21-24-20(25-28-21)12-16-6-8-17(22)9-7-16;11-6-8(10(13)14)9(12)7-4-2-1-3-5-7/h6-11,13H,5,12H2,1-4H3;1-5H,12H2,(H,13,14)/b;9-8-. The molecule has 0 fully saturated rings. The fourth-order valence-electron chi connectivity index (χ4n) is 3.48. The number of aromatic nitrogens is 2. The van der Waals surface area contributed by atoms with Crippen LogP contribution in [0.4, 0.5) is 5.69 Å². The number of aryl methyl sites for hydroxylation is 2. The van der Waals surface area contributed by atoms with E-state index in [-0.39, 0.29) is 5.70 Å². The fraction of sp³-hybridized carbons (Fsp3) is 0.194. The Hall–Kier alpha value is -4.72. The normalized spacial score (nSPS) is 11.2. The van der Waals surface area contributed by atoms with Gasteiger partial charge in [-0.05, 0) is 67.3 Å². The number of rotatable bonds is 9. The monoisotopic (exact) mass is 602 g/mol. The maximum Gasteiger partial charge on any atom is 0.348 e. The third kappa shape index (κ3) is 9.16. The molecule has 9 nitrogen and oxygen atoms in total. The van der Waals surface area contributed by atoms with E-state index in [0.29, 0.717) is 17.2 Å². The quantitative estimate of drug-likeness (QED) is 0.0926. The molecule has 0 aliphatic rings. The van der Waals surface area contributed by atoms with Crippen LogP contribution in [0.25, 0.3) is 5.70 Å². The molecule has 0 saturated heterocycles.